The average Bonchev–Trinajstić information content (AvgIpc) is 2.58. The maximum Gasteiger partial charge on any atom is 0.254 e. The van der Waals surface area contributed by atoms with Crippen molar-refractivity contribution in [3.8, 4) is 0 Å². The summed E-state index contributed by atoms with van der Waals surface area (Å²) in [7, 11) is 0. The van der Waals surface area contributed by atoms with E-state index in [0.717, 1.165) is 24.2 Å². The van der Waals surface area contributed by atoms with Crippen molar-refractivity contribution in [1.82, 2.24) is 9.80 Å². The molecule has 4 heteroatoms. The highest BCUT2D eigenvalue weighted by Gasteiger charge is 2.44. The first kappa shape index (κ1) is 13.7. The number of nitrogens with zero attached hydrogens (tertiary/aromatic N) is 2. The van der Waals surface area contributed by atoms with Gasteiger partial charge in [-0.3, -0.25) is 9.59 Å². The number of ketones is 1. The smallest absolute Gasteiger partial charge is 0.254 e. The predicted octanol–water partition coefficient (Wildman–Crippen LogP) is 1.84. The third-order valence-corrected chi connectivity index (χ3v) is 6.40. The van der Waals surface area contributed by atoms with E-state index in [0.29, 0.717) is 30.6 Å². The molecule has 0 aromatic heterocycles. The Balaban J connectivity index is 1.54. The zero-order valence-corrected chi connectivity index (χ0v) is 13.3. The van der Waals surface area contributed by atoms with Crippen LogP contribution < -0.4 is 0 Å². The van der Waals surface area contributed by atoms with Crippen molar-refractivity contribution in [3.05, 3.63) is 34.9 Å². The van der Waals surface area contributed by atoms with Crippen LogP contribution in [-0.4, -0.2) is 53.7 Å². The quantitative estimate of drug-likeness (QED) is 0.795. The molecule has 4 aliphatic heterocycles. The Bertz CT molecular complexity index is 691. The Morgan fingerprint density at radius 2 is 1.87 bits per heavy atom. The van der Waals surface area contributed by atoms with Gasteiger partial charge in [-0.25, -0.2) is 0 Å². The maximum absolute atomic E-state index is 13.1. The fourth-order valence-electron chi connectivity index (χ4n) is 5.30. The van der Waals surface area contributed by atoms with Gasteiger partial charge < -0.3 is 9.80 Å². The number of amides is 1. The second-order valence-electron chi connectivity index (χ2n) is 7.66. The number of benzene rings is 1. The molecular weight excluding hydrogens is 288 g/mol. The standard InChI is InChI=1S/C19H22N2O2/c22-15-8-13-2-1-3-16-18(13)14(9-15)10-21(19(16)23)17-11-20-6-4-12(17)5-7-20/h1-3,12,14,17H,4-11H2/t14-,17?/m1/s1. The number of Topliss-reactive ketones (excluding diaryl/α,β-unsaturated/α-hetero) is 1. The molecule has 23 heavy (non-hydrogen) atoms. The van der Waals surface area contributed by atoms with Gasteiger partial charge in [-0.05, 0) is 49.0 Å². The Hall–Kier alpha value is -1.68. The lowest BCUT2D eigenvalue weighted by atomic mass is 9.75. The van der Waals surface area contributed by atoms with Gasteiger partial charge in [0.05, 0.1) is 0 Å². The lowest BCUT2D eigenvalue weighted by Gasteiger charge is -2.51. The van der Waals surface area contributed by atoms with Gasteiger partial charge in [0.15, 0.2) is 0 Å². The summed E-state index contributed by atoms with van der Waals surface area (Å²) in [5.74, 6) is 1.39. The second-order valence-corrected chi connectivity index (χ2v) is 7.66. The van der Waals surface area contributed by atoms with E-state index >= 15 is 0 Å². The third kappa shape index (κ3) is 2.01. The van der Waals surface area contributed by atoms with Crippen LogP contribution in [0.4, 0.5) is 0 Å². The molecule has 1 amide bonds. The molecule has 1 unspecified atom stereocenters. The normalized spacial score (nSPS) is 35.4. The van der Waals surface area contributed by atoms with Crippen molar-refractivity contribution in [2.24, 2.45) is 5.92 Å². The molecule has 120 valence electrons. The minimum atomic E-state index is 0.200. The van der Waals surface area contributed by atoms with Crippen LogP contribution >= 0.6 is 0 Å². The maximum atomic E-state index is 13.1. The van der Waals surface area contributed by atoms with Crippen LogP contribution in [0.15, 0.2) is 18.2 Å². The molecular formula is C19H22N2O2. The molecule has 5 aliphatic rings. The van der Waals surface area contributed by atoms with Crippen molar-refractivity contribution in [3.63, 3.8) is 0 Å². The molecule has 2 bridgehead atoms. The fraction of sp³-hybridized carbons (Fsp3) is 0.579. The van der Waals surface area contributed by atoms with Crippen LogP contribution in [0.25, 0.3) is 0 Å². The minimum Gasteiger partial charge on any atom is -0.333 e. The number of carbonyl (C=O) groups is 2. The highest BCUT2D eigenvalue weighted by atomic mass is 16.2. The third-order valence-electron chi connectivity index (χ3n) is 6.40. The number of rotatable bonds is 1. The summed E-state index contributed by atoms with van der Waals surface area (Å²) in [6.07, 6.45) is 3.54. The highest BCUT2D eigenvalue weighted by Crippen LogP contribution is 2.40. The van der Waals surface area contributed by atoms with Gasteiger partial charge in [-0.1, -0.05) is 12.1 Å². The molecule has 3 fully saturated rings. The van der Waals surface area contributed by atoms with Crippen LogP contribution in [0.2, 0.25) is 0 Å². The Morgan fingerprint density at radius 1 is 1.04 bits per heavy atom. The Labute approximate surface area is 136 Å². The molecule has 0 saturated carbocycles. The SMILES string of the molecule is O=C1Cc2cccc3c2[C@H](C1)CN(C1CN2CCC1CC2)C3=O. The summed E-state index contributed by atoms with van der Waals surface area (Å²) in [5, 5.41) is 0. The lowest BCUT2D eigenvalue weighted by Crippen LogP contribution is -2.60. The molecule has 0 radical (unpaired) electrons. The van der Waals surface area contributed by atoms with Crippen molar-refractivity contribution in [2.45, 2.75) is 37.6 Å². The lowest BCUT2D eigenvalue weighted by molar-refractivity contribution is -0.119. The van der Waals surface area contributed by atoms with Crippen LogP contribution in [0.5, 0.6) is 0 Å². The number of hydrogen-bond donors (Lipinski definition) is 0. The van der Waals surface area contributed by atoms with E-state index in [1.807, 2.05) is 18.2 Å². The van der Waals surface area contributed by atoms with Gasteiger partial charge in [0.25, 0.3) is 5.91 Å². The molecule has 6 rings (SSSR count). The Morgan fingerprint density at radius 3 is 2.61 bits per heavy atom. The molecule has 2 atom stereocenters. The fourth-order valence-corrected chi connectivity index (χ4v) is 5.30. The van der Waals surface area contributed by atoms with Gasteiger partial charge in [0.1, 0.15) is 5.78 Å². The summed E-state index contributed by atoms with van der Waals surface area (Å²) >= 11 is 0. The Kier molecular flexibility index (Phi) is 2.93. The van der Waals surface area contributed by atoms with Crippen LogP contribution in [0.3, 0.4) is 0 Å². The number of piperidine rings is 3. The van der Waals surface area contributed by atoms with E-state index in [1.165, 1.54) is 31.5 Å². The van der Waals surface area contributed by atoms with Crippen LogP contribution in [0.1, 0.15) is 46.7 Å². The number of hydrogen-bond acceptors (Lipinski definition) is 3. The number of carbonyl (C=O) groups excluding carboxylic acids is 2. The largest absolute Gasteiger partial charge is 0.333 e. The zero-order chi connectivity index (χ0) is 15.6. The average molecular weight is 310 g/mol. The van der Waals surface area contributed by atoms with E-state index in [1.54, 1.807) is 0 Å². The van der Waals surface area contributed by atoms with Gasteiger partial charge in [-0.2, -0.15) is 0 Å². The summed E-state index contributed by atoms with van der Waals surface area (Å²) in [6.45, 7) is 4.13. The van der Waals surface area contributed by atoms with E-state index in [-0.39, 0.29) is 11.8 Å². The van der Waals surface area contributed by atoms with Gasteiger partial charge in [0, 0.05) is 43.5 Å². The summed E-state index contributed by atoms with van der Waals surface area (Å²) < 4.78 is 0. The molecule has 0 spiro atoms. The monoisotopic (exact) mass is 310 g/mol. The van der Waals surface area contributed by atoms with E-state index in [9.17, 15) is 9.59 Å². The van der Waals surface area contributed by atoms with Crippen molar-refractivity contribution < 1.29 is 9.59 Å². The summed E-state index contributed by atoms with van der Waals surface area (Å²) in [6, 6.07) is 6.29. The zero-order valence-electron chi connectivity index (χ0n) is 13.3. The molecule has 1 aliphatic carbocycles. The first-order valence-electron chi connectivity index (χ1n) is 8.87. The van der Waals surface area contributed by atoms with E-state index in [2.05, 4.69) is 9.80 Å². The first-order valence-corrected chi connectivity index (χ1v) is 8.87. The van der Waals surface area contributed by atoms with Gasteiger partial charge >= 0.3 is 0 Å². The molecule has 3 saturated heterocycles. The molecule has 1 aromatic carbocycles. The predicted molar refractivity (Wildman–Crippen MR) is 86.5 cm³/mol. The molecule has 4 nitrogen and oxygen atoms in total. The van der Waals surface area contributed by atoms with E-state index < -0.39 is 0 Å². The summed E-state index contributed by atoms with van der Waals surface area (Å²) in [5.41, 5.74) is 3.13. The van der Waals surface area contributed by atoms with Crippen molar-refractivity contribution in [1.29, 1.82) is 0 Å². The molecule has 0 N–H and O–H groups in total. The summed E-state index contributed by atoms with van der Waals surface area (Å²) in [4.78, 5) is 29.9. The molecule has 4 heterocycles. The van der Waals surface area contributed by atoms with Crippen LogP contribution in [-0.2, 0) is 11.2 Å². The highest BCUT2D eigenvalue weighted by molar-refractivity contribution is 5.99. The topological polar surface area (TPSA) is 40.6 Å². The van der Waals surface area contributed by atoms with Crippen molar-refractivity contribution in [2.75, 3.05) is 26.2 Å². The second kappa shape index (κ2) is 4.91. The minimum absolute atomic E-state index is 0.200. The number of fused-ring (bicyclic) bond motifs is 3. The van der Waals surface area contributed by atoms with Crippen molar-refractivity contribution >= 4 is 11.7 Å². The van der Waals surface area contributed by atoms with Gasteiger partial charge in [-0.15, -0.1) is 0 Å². The van der Waals surface area contributed by atoms with E-state index in [4.69, 9.17) is 0 Å². The first-order chi connectivity index (χ1) is 11.2. The van der Waals surface area contributed by atoms with Gasteiger partial charge in [0.2, 0.25) is 0 Å². The molecule has 1 aromatic rings. The van der Waals surface area contributed by atoms with Crippen LogP contribution in [0, 0.1) is 5.92 Å².